The molecule has 0 aliphatic carbocycles. The van der Waals surface area contributed by atoms with Crippen LogP contribution >= 0.6 is 0 Å². The van der Waals surface area contributed by atoms with E-state index in [0.717, 1.165) is 6.07 Å². The lowest BCUT2D eigenvalue weighted by atomic mass is 10.1. The van der Waals surface area contributed by atoms with Gasteiger partial charge in [0.2, 0.25) is 5.91 Å². The Balaban J connectivity index is 2.21. The average Bonchev–Trinajstić information content (AvgIpc) is 2.51. The summed E-state index contributed by atoms with van der Waals surface area (Å²) in [5, 5.41) is 0. The molecule has 1 saturated heterocycles. The van der Waals surface area contributed by atoms with Gasteiger partial charge < -0.3 is 14.5 Å². The number of amides is 2. The van der Waals surface area contributed by atoms with Gasteiger partial charge >= 0.3 is 0 Å². The molecule has 0 bridgehead atoms. The topological polar surface area (TPSA) is 49.9 Å². The SMILES string of the molecule is COc1ccc(F)cc1C(=O)N1CCN(CC(C)C)C(=O)[C@@H]1C. The first-order valence-corrected chi connectivity index (χ1v) is 7.78. The smallest absolute Gasteiger partial charge is 0.258 e. The second-order valence-corrected chi connectivity index (χ2v) is 6.20. The van der Waals surface area contributed by atoms with E-state index >= 15 is 0 Å². The predicted molar refractivity (Wildman–Crippen MR) is 84.9 cm³/mol. The third-order valence-electron chi connectivity index (χ3n) is 3.99. The van der Waals surface area contributed by atoms with Gasteiger partial charge in [-0.1, -0.05) is 13.8 Å². The maximum absolute atomic E-state index is 13.5. The Hall–Kier alpha value is -2.11. The van der Waals surface area contributed by atoms with Gasteiger partial charge in [-0.05, 0) is 31.0 Å². The Bertz CT molecular complexity index is 604. The lowest BCUT2D eigenvalue weighted by molar-refractivity contribution is -0.140. The normalized spacial score (nSPS) is 18.5. The van der Waals surface area contributed by atoms with Crippen molar-refractivity contribution in [2.45, 2.75) is 26.8 Å². The first-order chi connectivity index (χ1) is 10.8. The monoisotopic (exact) mass is 322 g/mol. The van der Waals surface area contributed by atoms with Crippen LogP contribution in [0.4, 0.5) is 4.39 Å². The van der Waals surface area contributed by atoms with Gasteiger partial charge in [0, 0.05) is 19.6 Å². The molecule has 126 valence electrons. The number of benzene rings is 1. The van der Waals surface area contributed by atoms with Crippen molar-refractivity contribution in [2.75, 3.05) is 26.7 Å². The van der Waals surface area contributed by atoms with E-state index in [2.05, 4.69) is 0 Å². The van der Waals surface area contributed by atoms with E-state index in [1.807, 2.05) is 13.8 Å². The van der Waals surface area contributed by atoms with Crippen LogP contribution in [-0.4, -0.2) is 54.4 Å². The highest BCUT2D eigenvalue weighted by Crippen LogP contribution is 2.24. The zero-order chi connectivity index (χ0) is 17.1. The fourth-order valence-electron chi connectivity index (χ4n) is 2.83. The maximum Gasteiger partial charge on any atom is 0.258 e. The van der Waals surface area contributed by atoms with Gasteiger partial charge in [0.25, 0.3) is 5.91 Å². The van der Waals surface area contributed by atoms with E-state index < -0.39 is 11.9 Å². The molecule has 0 spiro atoms. The highest BCUT2D eigenvalue weighted by molar-refractivity contribution is 6.00. The van der Waals surface area contributed by atoms with E-state index in [0.29, 0.717) is 31.3 Å². The van der Waals surface area contributed by atoms with Crippen LogP contribution in [0.25, 0.3) is 0 Å². The molecule has 5 nitrogen and oxygen atoms in total. The highest BCUT2D eigenvalue weighted by atomic mass is 19.1. The summed E-state index contributed by atoms with van der Waals surface area (Å²) >= 11 is 0. The molecule has 1 heterocycles. The Morgan fingerprint density at radius 1 is 1.39 bits per heavy atom. The third-order valence-corrected chi connectivity index (χ3v) is 3.99. The molecule has 0 aromatic heterocycles. The molecular weight excluding hydrogens is 299 g/mol. The van der Waals surface area contributed by atoms with Crippen LogP contribution < -0.4 is 4.74 Å². The summed E-state index contributed by atoms with van der Waals surface area (Å²) in [6.45, 7) is 7.40. The first-order valence-electron chi connectivity index (χ1n) is 7.78. The first kappa shape index (κ1) is 17.2. The van der Waals surface area contributed by atoms with Crippen LogP contribution in [0.1, 0.15) is 31.1 Å². The van der Waals surface area contributed by atoms with E-state index in [1.165, 1.54) is 24.1 Å². The van der Waals surface area contributed by atoms with Gasteiger partial charge in [-0.2, -0.15) is 0 Å². The summed E-state index contributed by atoms with van der Waals surface area (Å²) in [4.78, 5) is 28.4. The lowest BCUT2D eigenvalue weighted by Gasteiger charge is -2.40. The van der Waals surface area contributed by atoms with Crippen molar-refractivity contribution < 1.29 is 18.7 Å². The molecule has 1 aromatic carbocycles. The molecule has 0 unspecified atom stereocenters. The van der Waals surface area contributed by atoms with Gasteiger partial charge in [-0.15, -0.1) is 0 Å². The Kier molecular flexibility index (Phi) is 5.23. The molecule has 0 N–H and O–H groups in total. The highest BCUT2D eigenvalue weighted by Gasteiger charge is 2.35. The molecule has 1 aromatic rings. The number of rotatable bonds is 4. The minimum atomic E-state index is -0.567. The molecule has 1 aliphatic rings. The minimum absolute atomic E-state index is 0.0753. The van der Waals surface area contributed by atoms with Crippen LogP contribution in [0.5, 0.6) is 5.75 Å². The maximum atomic E-state index is 13.5. The number of piperazine rings is 1. The standard InChI is InChI=1S/C17H23FN2O3/c1-11(2)10-19-7-8-20(12(3)16(19)21)17(22)14-9-13(18)5-6-15(14)23-4/h5-6,9,11-12H,7-8,10H2,1-4H3/t12-/m0/s1. The molecular formula is C17H23FN2O3. The zero-order valence-corrected chi connectivity index (χ0v) is 14.0. The van der Waals surface area contributed by atoms with Gasteiger partial charge in [0.15, 0.2) is 0 Å². The summed E-state index contributed by atoms with van der Waals surface area (Å²) in [5.74, 6) is -0.288. The summed E-state index contributed by atoms with van der Waals surface area (Å²) in [5.41, 5.74) is 0.143. The van der Waals surface area contributed by atoms with E-state index in [9.17, 15) is 14.0 Å². The summed E-state index contributed by atoms with van der Waals surface area (Å²) in [6.07, 6.45) is 0. The number of hydrogen-bond donors (Lipinski definition) is 0. The summed E-state index contributed by atoms with van der Waals surface area (Å²) in [6, 6.07) is 3.25. The molecule has 1 fully saturated rings. The fourth-order valence-corrected chi connectivity index (χ4v) is 2.83. The molecule has 0 radical (unpaired) electrons. The van der Waals surface area contributed by atoms with Gasteiger partial charge in [-0.3, -0.25) is 9.59 Å². The molecule has 6 heteroatoms. The second kappa shape index (κ2) is 6.98. The average molecular weight is 322 g/mol. The molecule has 0 saturated carbocycles. The third kappa shape index (κ3) is 3.63. The van der Waals surface area contributed by atoms with Crippen LogP contribution in [0.15, 0.2) is 18.2 Å². The number of nitrogens with zero attached hydrogens (tertiary/aromatic N) is 2. The summed E-state index contributed by atoms with van der Waals surface area (Å²) in [7, 11) is 1.43. The number of carbonyl (C=O) groups excluding carboxylic acids is 2. The minimum Gasteiger partial charge on any atom is -0.496 e. The molecule has 2 amide bonds. The molecule has 1 atom stereocenters. The molecule has 2 rings (SSSR count). The van der Waals surface area contributed by atoms with Crippen molar-refractivity contribution in [3.63, 3.8) is 0 Å². The van der Waals surface area contributed by atoms with Crippen molar-refractivity contribution in [1.82, 2.24) is 9.80 Å². The van der Waals surface area contributed by atoms with Crippen LogP contribution in [0.2, 0.25) is 0 Å². The van der Waals surface area contributed by atoms with Gasteiger partial charge in [0.05, 0.1) is 12.7 Å². The number of halogens is 1. The fraction of sp³-hybridized carbons (Fsp3) is 0.529. The number of methoxy groups -OCH3 is 1. The zero-order valence-electron chi connectivity index (χ0n) is 14.0. The van der Waals surface area contributed by atoms with E-state index in [-0.39, 0.29) is 17.4 Å². The molecule has 23 heavy (non-hydrogen) atoms. The van der Waals surface area contributed by atoms with Crippen molar-refractivity contribution in [2.24, 2.45) is 5.92 Å². The lowest BCUT2D eigenvalue weighted by Crippen LogP contribution is -2.58. The van der Waals surface area contributed by atoms with Gasteiger partial charge in [-0.25, -0.2) is 4.39 Å². The number of ether oxygens (including phenoxy) is 1. The van der Waals surface area contributed by atoms with Crippen LogP contribution in [0.3, 0.4) is 0 Å². The molecule has 1 aliphatic heterocycles. The predicted octanol–water partition coefficient (Wildman–Crippen LogP) is 2.16. The largest absolute Gasteiger partial charge is 0.496 e. The quantitative estimate of drug-likeness (QED) is 0.853. The van der Waals surface area contributed by atoms with Crippen LogP contribution in [0, 0.1) is 11.7 Å². The Labute approximate surface area is 136 Å². The van der Waals surface area contributed by atoms with Crippen LogP contribution in [-0.2, 0) is 4.79 Å². The number of hydrogen-bond acceptors (Lipinski definition) is 3. The van der Waals surface area contributed by atoms with E-state index in [1.54, 1.807) is 11.8 Å². The van der Waals surface area contributed by atoms with Crippen molar-refractivity contribution in [1.29, 1.82) is 0 Å². The number of carbonyl (C=O) groups is 2. The Morgan fingerprint density at radius 3 is 2.70 bits per heavy atom. The van der Waals surface area contributed by atoms with Crippen molar-refractivity contribution in [3.8, 4) is 5.75 Å². The van der Waals surface area contributed by atoms with Crippen molar-refractivity contribution >= 4 is 11.8 Å². The van der Waals surface area contributed by atoms with Crippen molar-refractivity contribution in [3.05, 3.63) is 29.6 Å². The van der Waals surface area contributed by atoms with Gasteiger partial charge in [0.1, 0.15) is 17.6 Å². The summed E-state index contributed by atoms with van der Waals surface area (Å²) < 4.78 is 18.6. The Morgan fingerprint density at radius 2 is 2.09 bits per heavy atom. The second-order valence-electron chi connectivity index (χ2n) is 6.20. The van der Waals surface area contributed by atoms with E-state index in [4.69, 9.17) is 4.74 Å².